The summed E-state index contributed by atoms with van der Waals surface area (Å²) in [4.78, 5) is 10.2. The molecule has 0 saturated carbocycles. The average Bonchev–Trinajstić information content (AvgIpc) is 2.73. The SMILES string of the molecule is O=C(O)COCCOCCOCCOCCOCCOCCOC1CCCCO1. The topological polar surface area (TPSA) is 111 Å². The lowest BCUT2D eigenvalue weighted by Crippen LogP contribution is -2.24. The third-order valence-corrected chi connectivity index (χ3v) is 3.75. The van der Waals surface area contributed by atoms with Gasteiger partial charge in [-0.25, -0.2) is 4.79 Å². The van der Waals surface area contributed by atoms with Gasteiger partial charge in [-0.3, -0.25) is 0 Å². The fourth-order valence-electron chi connectivity index (χ4n) is 2.34. The van der Waals surface area contributed by atoms with Crippen molar-refractivity contribution >= 4 is 5.97 Å². The molecule has 0 aromatic heterocycles. The Morgan fingerprint density at radius 1 is 0.690 bits per heavy atom. The normalized spacial score (nSPS) is 16.9. The van der Waals surface area contributed by atoms with Gasteiger partial charge in [-0.05, 0) is 19.3 Å². The summed E-state index contributed by atoms with van der Waals surface area (Å²) in [5, 5.41) is 8.38. The van der Waals surface area contributed by atoms with E-state index in [4.69, 9.17) is 43.0 Å². The van der Waals surface area contributed by atoms with E-state index in [0.717, 1.165) is 25.9 Å². The van der Waals surface area contributed by atoms with Gasteiger partial charge in [-0.15, -0.1) is 0 Å². The summed E-state index contributed by atoms with van der Waals surface area (Å²) in [5.74, 6) is -0.988. The molecule has 29 heavy (non-hydrogen) atoms. The average molecular weight is 424 g/mol. The quantitative estimate of drug-likeness (QED) is 0.265. The second-order valence-corrected chi connectivity index (χ2v) is 6.18. The van der Waals surface area contributed by atoms with Crippen LogP contribution in [0.5, 0.6) is 0 Å². The van der Waals surface area contributed by atoms with E-state index in [1.165, 1.54) is 0 Å². The van der Waals surface area contributed by atoms with Crippen LogP contribution >= 0.6 is 0 Å². The molecule has 1 unspecified atom stereocenters. The zero-order chi connectivity index (χ0) is 20.8. The van der Waals surface area contributed by atoms with Crippen LogP contribution in [0.2, 0.25) is 0 Å². The van der Waals surface area contributed by atoms with Gasteiger partial charge in [0.15, 0.2) is 6.29 Å². The van der Waals surface area contributed by atoms with Crippen molar-refractivity contribution in [3.8, 4) is 0 Å². The molecule has 0 bridgehead atoms. The summed E-state index contributed by atoms with van der Waals surface area (Å²) >= 11 is 0. The Morgan fingerprint density at radius 2 is 1.14 bits per heavy atom. The Kier molecular flexibility index (Phi) is 18.4. The number of carbonyl (C=O) groups is 1. The Labute approximate surface area is 172 Å². The van der Waals surface area contributed by atoms with Crippen LogP contribution < -0.4 is 0 Å². The van der Waals surface area contributed by atoms with E-state index < -0.39 is 5.97 Å². The van der Waals surface area contributed by atoms with Crippen molar-refractivity contribution in [2.75, 3.05) is 92.5 Å². The molecule has 1 heterocycles. The van der Waals surface area contributed by atoms with E-state index >= 15 is 0 Å². The zero-order valence-corrected chi connectivity index (χ0v) is 17.2. The van der Waals surface area contributed by atoms with Crippen LogP contribution in [0.25, 0.3) is 0 Å². The van der Waals surface area contributed by atoms with Gasteiger partial charge < -0.3 is 43.0 Å². The number of hydrogen-bond acceptors (Lipinski definition) is 9. The van der Waals surface area contributed by atoms with E-state index in [0.29, 0.717) is 72.7 Å². The predicted molar refractivity (Wildman–Crippen MR) is 102 cm³/mol. The second kappa shape index (κ2) is 20.4. The van der Waals surface area contributed by atoms with Gasteiger partial charge in [-0.1, -0.05) is 0 Å². The van der Waals surface area contributed by atoms with Gasteiger partial charge in [0.05, 0.1) is 79.3 Å². The highest BCUT2D eigenvalue weighted by molar-refractivity contribution is 5.67. The maximum absolute atomic E-state index is 10.2. The molecule has 1 N–H and O–H groups in total. The first-order chi connectivity index (χ1) is 14.3. The minimum atomic E-state index is -0.988. The van der Waals surface area contributed by atoms with Crippen LogP contribution in [-0.4, -0.2) is 110 Å². The van der Waals surface area contributed by atoms with E-state index in [-0.39, 0.29) is 19.5 Å². The van der Waals surface area contributed by atoms with E-state index in [1.807, 2.05) is 0 Å². The van der Waals surface area contributed by atoms with Gasteiger partial charge in [-0.2, -0.15) is 0 Å². The molecule has 172 valence electrons. The predicted octanol–water partition coefficient (Wildman–Crippen LogP) is 0.714. The number of aliphatic carboxylic acids is 1. The van der Waals surface area contributed by atoms with Crippen LogP contribution in [0.1, 0.15) is 19.3 Å². The molecule has 10 nitrogen and oxygen atoms in total. The first-order valence-electron chi connectivity index (χ1n) is 10.2. The van der Waals surface area contributed by atoms with Crippen molar-refractivity contribution in [2.24, 2.45) is 0 Å². The Bertz CT molecular complexity index is 363. The lowest BCUT2D eigenvalue weighted by Gasteiger charge is -2.22. The lowest BCUT2D eigenvalue weighted by atomic mass is 10.2. The molecule has 0 aromatic carbocycles. The van der Waals surface area contributed by atoms with Crippen molar-refractivity contribution in [1.29, 1.82) is 0 Å². The fraction of sp³-hybridized carbons (Fsp3) is 0.947. The van der Waals surface area contributed by atoms with E-state index in [9.17, 15) is 4.79 Å². The fourth-order valence-corrected chi connectivity index (χ4v) is 2.34. The van der Waals surface area contributed by atoms with Crippen molar-refractivity contribution in [2.45, 2.75) is 25.6 Å². The molecule has 0 amide bonds. The van der Waals surface area contributed by atoms with Gasteiger partial charge >= 0.3 is 5.97 Å². The minimum Gasteiger partial charge on any atom is -0.480 e. The minimum absolute atomic E-state index is 0.0673. The molecule has 0 radical (unpaired) electrons. The van der Waals surface area contributed by atoms with Crippen LogP contribution in [0, 0.1) is 0 Å². The Hall–Kier alpha value is -0.850. The third kappa shape index (κ3) is 18.9. The van der Waals surface area contributed by atoms with Crippen LogP contribution in [0.4, 0.5) is 0 Å². The lowest BCUT2D eigenvalue weighted by molar-refractivity contribution is -0.169. The second-order valence-electron chi connectivity index (χ2n) is 6.18. The van der Waals surface area contributed by atoms with E-state index in [1.54, 1.807) is 0 Å². The molecule has 0 spiro atoms. The van der Waals surface area contributed by atoms with Crippen LogP contribution in [-0.2, 0) is 42.7 Å². The molecule has 0 aliphatic carbocycles. The van der Waals surface area contributed by atoms with Gasteiger partial charge in [0.1, 0.15) is 6.61 Å². The smallest absolute Gasteiger partial charge is 0.329 e. The molecule has 1 rings (SSSR count). The summed E-state index contributed by atoms with van der Waals surface area (Å²) in [6.07, 6.45) is 3.18. The molecule has 1 atom stereocenters. The molecule has 10 heteroatoms. The van der Waals surface area contributed by atoms with E-state index in [2.05, 4.69) is 0 Å². The molecule has 1 saturated heterocycles. The summed E-state index contributed by atoms with van der Waals surface area (Å²) in [7, 11) is 0. The number of carboxylic acids is 1. The van der Waals surface area contributed by atoms with Gasteiger partial charge in [0, 0.05) is 6.61 Å². The molecule has 1 fully saturated rings. The monoisotopic (exact) mass is 424 g/mol. The summed E-state index contributed by atoms with van der Waals surface area (Å²) < 4.78 is 42.7. The molecular weight excluding hydrogens is 388 g/mol. The summed E-state index contributed by atoms with van der Waals surface area (Å²) in [6, 6.07) is 0. The summed E-state index contributed by atoms with van der Waals surface area (Å²) in [6.45, 7) is 6.06. The largest absolute Gasteiger partial charge is 0.480 e. The highest BCUT2D eigenvalue weighted by Crippen LogP contribution is 2.13. The number of hydrogen-bond donors (Lipinski definition) is 1. The standard InChI is InChI=1S/C19H36O10/c20-18(21)17-27-14-13-25-10-9-23-6-5-22-7-8-24-11-12-26-15-16-29-19-3-1-2-4-28-19/h19H,1-17H2,(H,20,21). The number of carboxylic acid groups (broad SMARTS) is 1. The molecule has 0 aromatic rings. The third-order valence-electron chi connectivity index (χ3n) is 3.75. The maximum atomic E-state index is 10.2. The van der Waals surface area contributed by atoms with Crippen molar-refractivity contribution in [3.63, 3.8) is 0 Å². The molecule has 1 aliphatic rings. The molecule has 1 aliphatic heterocycles. The van der Waals surface area contributed by atoms with Crippen LogP contribution in [0.15, 0.2) is 0 Å². The first kappa shape index (κ1) is 26.2. The molecular formula is C19H36O10. The number of ether oxygens (including phenoxy) is 8. The van der Waals surface area contributed by atoms with Gasteiger partial charge in [0.25, 0.3) is 0 Å². The Balaban J connectivity index is 1.64. The Morgan fingerprint density at radius 3 is 1.55 bits per heavy atom. The van der Waals surface area contributed by atoms with Crippen LogP contribution in [0.3, 0.4) is 0 Å². The van der Waals surface area contributed by atoms with Crippen molar-refractivity contribution in [1.82, 2.24) is 0 Å². The van der Waals surface area contributed by atoms with Crippen molar-refractivity contribution in [3.05, 3.63) is 0 Å². The highest BCUT2D eigenvalue weighted by atomic mass is 16.7. The van der Waals surface area contributed by atoms with Gasteiger partial charge in [0.2, 0.25) is 0 Å². The highest BCUT2D eigenvalue weighted by Gasteiger charge is 2.13. The number of rotatable bonds is 21. The maximum Gasteiger partial charge on any atom is 0.329 e. The zero-order valence-electron chi connectivity index (χ0n) is 17.2. The first-order valence-corrected chi connectivity index (χ1v) is 10.2. The van der Waals surface area contributed by atoms with Crippen molar-refractivity contribution < 1.29 is 47.8 Å². The summed E-state index contributed by atoms with van der Waals surface area (Å²) in [5.41, 5.74) is 0.